The molecule has 2 aromatic rings. The molecule has 204 valence electrons. The predicted molar refractivity (Wildman–Crippen MR) is 144 cm³/mol. The van der Waals surface area contributed by atoms with E-state index < -0.39 is 5.97 Å². The van der Waals surface area contributed by atoms with Crippen molar-refractivity contribution in [1.82, 2.24) is 14.4 Å². The number of amides is 2. The third-order valence-corrected chi connectivity index (χ3v) is 6.30. The lowest BCUT2D eigenvalue weighted by Crippen LogP contribution is -2.47. The van der Waals surface area contributed by atoms with Crippen LogP contribution in [0.15, 0.2) is 42.6 Å². The third kappa shape index (κ3) is 9.59. The Balaban J connectivity index is 2.16. The molecule has 1 atom stereocenters. The van der Waals surface area contributed by atoms with Crippen molar-refractivity contribution in [2.75, 3.05) is 26.8 Å². The van der Waals surface area contributed by atoms with E-state index in [0.717, 1.165) is 23.4 Å². The van der Waals surface area contributed by atoms with Gasteiger partial charge in [0.05, 0.1) is 33.2 Å². The van der Waals surface area contributed by atoms with Crippen molar-refractivity contribution < 1.29 is 23.9 Å². The molecule has 0 N–H and O–H groups in total. The van der Waals surface area contributed by atoms with Crippen molar-refractivity contribution in [3.63, 3.8) is 0 Å². The van der Waals surface area contributed by atoms with E-state index in [0.29, 0.717) is 19.6 Å². The molecule has 1 unspecified atom stereocenters. The molecule has 8 heteroatoms. The molecule has 2 amide bonds. The first-order chi connectivity index (χ1) is 17.7. The second kappa shape index (κ2) is 15.1. The molecule has 1 aromatic heterocycles. The summed E-state index contributed by atoms with van der Waals surface area (Å²) in [6.45, 7) is 11.7. The maximum atomic E-state index is 13.6. The van der Waals surface area contributed by atoms with Crippen LogP contribution in [0.1, 0.15) is 65.1 Å². The van der Waals surface area contributed by atoms with Crippen LogP contribution in [-0.2, 0) is 32.2 Å². The lowest BCUT2D eigenvalue weighted by Gasteiger charge is -2.32. The fraction of sp³-hybridized carbons (Fsp3) is 0.552. The minimum Gasteiger partial charge on any atom is -0.497 e. The Kier molecular flexibility index (Phi) is 12.2. The molecule has 0 aliphatic heterocycles. The van der Waals surface area contributed by atoms with Crippen LogP contribution < -0.4 is 4.74 Å². The topological polar surface area (TPSA) is 81.1 Å². The van der Waals surface area contributed by atoms with E-state index in [4.69, 9.17) is 9.47 Å². The van der Waals surface area contributed by atoms with Crippen molar-refractivity contribution in [3.8, 4) is 5.75 Å². The number of ether oxygens (including phenoxy) is 2. The van der Waals surface area contributed by atoms with Crippen LogP contribution >= 0.6 is 0 Å². The van der Waals surface area contributed by atoms with Crippen LogP contribution in [0.4, 0.5) is 0 Å². The van der Waals surface area contributed by atoms with Gasteiger partial charge in [-0.1, -0.05) is 32.9 Å². The molecule has 0 bridgehead atoms. The number of rotatable bonds is 15. The molecule has 0 saturated heterocycles. The van der Waals surface area contributed by atoms with Gasteiger partial charge in [-0.3, -0.25) is 14.4 Å². The summed E-state index contributed by atoms with van der Waals surface area (Å²) in [5.41, 5.74) is 2.12. The van der Waals surface area contributed by atoms with E-state index >= 15 is 0 Å². The van der Waals surface area contributed by atoms with E-state index in [1.54, 1.807) is 18.9 Å². The average Bonchev–Trinajstić information content (AvgIpc) is 3.31. The summed E-state index contributed by atoms with van der Waals surface area (Å²) in [6, 6.07) is 12.0. The number of esters is 1. The number of hydrogen-bond donors (Lipinski definition) is 0. The zero-order chi connectivity index (χ0) is 27.4. The summed E-state index contributed by atoms with van der Waals surface area (Å²) in [5.74, 6) is 0.288. The van der Waals surface area contributed by atoms with Crippen LogP contribution in [0.2, 0.25) is 0 Å². The van der Waals surface area contributed by atoms with Gasteiger partial charge < -0.3 is 23.8 Å². The molecule has 1 heterocycles. The highest BCUT2D eigenvalue weighted by atomic mass is 16.5. The zero-order valence-electron chi connectivity index (χ0n) is 23.2. The first-order valence-corrected chi connectivity index (χ1v) is 13.2. The number of hydrogen-bond acceptors (Lipinski definition) is 5. The monoisotopic (exact) mass is 513 g/mol. The van der Waals surface area contributed by atoms with Crippen molar-refractivity contribution in [3.05, 3.63) is 53.9 Å². The smallest absolute Gasteiger partial charge is 0.306 e. The van der Waals surface area contributed by atoms with Gasteiger partial charge in [-0.05, 0) is 56.0 Å². The first kappa shape index (κ1) is 29.9. The number of nitrogens with zero attached hydrogens (tertiary/aromatic N) is 3. The molecule has 0 radical (unpaired) electrons. The van der Waals surface area contributed by atoms with Gasteiger partial charge in [0.1, 0.15) is 5.75 Å². The summed E-state index contributed by atoms with van der Waals surface area (Å²) in [7, 11) is 1.65. The van der Waals surface area contributed by atoms with Gasteiger partial charge >= 0.3 is 5.97 Å². The highest BCUT2D eigenvalue weighted by molar-refractivity contribution is 5.86. The molecule has 0 spiro atoms. The van der Waals surface area contributed by atoms with Crippen LogP contribution in [0.3, 0.4) is 0 Å². The van der Waals surface area contributed by atoms with Crippen LogP contribution in [-0.4, -0.2) is 65.0 Å². The molecule has 2 rings (SSSR count). The van der Waals surface area contributed by atoms with Crippen molar-refractivity contribution in [2.24, 2.45) is 5.92 Å². The maximum absolute atomic E-state index is 13.6. The predicted octanol–water partition coefficient (Wildman–Crippen LogP) is 4.50. The summed E-state index contributed by atoms with van der Waals surface area (Å²) in [4.78, 5) is 41.7. The van der Waals surface area contributed by atoms with E-state index in [-0.39, 0.29) is 49.8 Å². The number of benzene rings is 1. The van der Waals surface area contributed by atoms with Crippen LogP contribution in [0.25, 0.3) is 0 Å². The molecule has 0 saturated carbocycles. The average molecular weight is 514 g/mol. The number of methoxy groups -OCH3 is 1. The summed E-state index contributed by atoms with van der Waals surface area (Å²) < 4.78 is 12.4. The molecule has 0 aliphatic rings. The summed E-state index contributed by atoms with van der Waals surface area (Å²) in [5, 5.41) is 0. The lowest BCUT2D eigenvalue weighted by atomic mass is 10.1. The zero-order valence-corrected chi connectivity index (χ0v) is 23.2. The second-order valence-electron chi connectivity index (χ2n) is 9.73. The minimum absolute atomic E-state index is 0.00297. The van der Waals surface area contributed by atoms with Gasteiger partial charge in [-0.2, -0.15) is 0 Å². The Bertz CT molecular complexity index is 1020. The lowest BCUT2D eigenvalue weighted by molar-refractivity contribution is -0.147. The Labute approximate surface area is 221 Å². The van der Waals surface area contributed by atoms with E-state index in [1.807, 2.05) is 62.2 Å². The van der Waals surface area contributed by atoms with Gasteiger partial charge in [0.25, 0.3) is 0 Å². The highest BCUT2D eigenvalue weighted by Gasteiger charge is 2.26. The Morgan fingerprint density at radius 3 is 2.41 bits per heavy atom. The molecule has 1 aromatic carbocycles. The molecule has 37 heavy (non-hydrogen) atoms. The largest absolute Gasteiger partial charge is 0.497 e. The molecule has 0 aliphatic carbocycles. The molecular formula is C29H43N3O5. The van der Waals surface area contributed by atoms with Crippen molar-refractivity contribution >= 4 is 17.8 Å². The Morgan fingerprint density at radius 2 is 1.76 bits per heavy atom. The Morgan fingerprint density at radius 1 is 1.00 bits per heavy atom. The van der Waals surface area contributed by atoms with E-state index in [2.05, 4.69) is 17.6 Å². The van der Waals surface area contributed by atoms with Gasteiger partial charge in [0.15, 0.2) is 0 Å². The van der Waals surface area contributed by atoms with Gasteiger partial charge in [0.2, 0.25) is 11.8 Å². The summed E-state index contributed by atoms with van der Waals surface area (Å²) in [6.07, 6.45) is 2.86. The van der Waals surface area contributed by atoms with Crippen molar-refractivity contribution in [1.29, 1.82) is 0 Å². The number of aromatic nitrogens is 1. The fourth-order valence-corrected chi connectivity index (χ4v) is 4.15. The molecular weight excluding hydrogens is 470 g/mol. The standard InChI is InChI=1S/C29H43N3O5/c1-7-23(5)32(20-25-12-10-16-30(25)19-24-11-9-13-26(17-24)36-6)28(34)21-31(18-22(3)4)27(33)14-15-29(35)37-8-2/h9-13,16-17,22-23H,7-8,14-15,18-21H2,1-6H3. The van der Waals surface area contributed by atoms with Crippen LogP contribution in [0.5, 0.6) is 5.75 Å². The normalized spacial score (nSPS) is 11.8. The summed E-state index contributed by atoms with van der Waals surface area (Å²) >= 11 is 0. The third-order valence-electron chi connectivity index (χ3n) is 6.30. The SMILES string of the molecule is CCOC(=O)CCC(=O)N(CC(=O)N(Cc1cccn1Cc1cccc(OC)c1)C(C)CC)CC(C)C. The van der Waals surface area contributed by atoms with Gasteiger partial charge in [-0.15, -0.1) is 0 Å². The minimum atomic E-state index is -0.398. The van der Waals surface area contributed by atoms with Crippen molar-refractivity contribution in [2.45, 2.75) is 73.0 Å². The number of carbonyl (C=O) groups is 3. The molecule has 8 nitrogen and oxygen atoms in total. The highest BCUT2D eigenvalue weighted by Crippen LogP contribution is 2.18. The number of carbonyl (C=O) groups excluding carboxylic acids is 3. The Hall–Kier alpha value is -3.29. The maximum Gasteiger partial charge on any atom is 0.306 e. The van der Waals surface area contributed by atoms with Crippen LogP contribution in [0, 0.1) is 5.92 Å². The quantitative estimate of drug-likeness (QED) is 0.328. The molecule has 0 fully saturated rings. The van der Waals surface area contributed by atoms with E-state index in [9.17, 15) is 14.4 Å². The van der Waals surface area contributed by atoms with E-state index in [1.165, 1.54) is 0 Å². The second-order valence-corrected chi connectivity index (χ2v) is 9.73. The van der Waals surface area contributed by atoms with Gasteiger partial charge in [0, 0.05) is 37.4 Å². The fourth-order valence-electron chi connectivity index (χ4n) is 4.15. The van der Waals surface area contributed by atoms with Gasteiger partial charge in [-0.25, -0.2) is 0 Å². The first-order valence-electron chi connectivity index (χ1n) is 13.2.